The summed E-state index contributed by atoms with van der Waals surface area (Å²) in [6, 6.07) is 8.21. The van der Waals surface area contributed by atoms with Crippen molar-refractivity contribution >= 4 is 23.3 Å². The van der Waals surface area contributed by atoms with Gasteiger partial charge in [-0.25, -0.2) is 0 Å². The number of ether oxygens (including phenoxy) is 1. The zero-order chi connectivity index (χ0) is 16.1. The van der Waals surface area contributed by atoms with E-state index in [4.69, 9.17) is 10.5 Å². The number of rotatable bonds is 4. The zero-order valence-corrected chi connectivity index (χ0v) is 12.0. The third-order valence-corrected chi connectivity index (χ3v) is 2.81. The molecule has 6 heteroatoms. The Morgan fingerprint density at radius 2 is 2.09 bits per heavy atom. The number of carbonyl (C=O) groups excluding carboxylic acids is 2. The quantitative estimate of drug-likeness (QED) is 0.665. The Balaban J connectivity index is 2.14. The Bertz CT molecular complexity index is 741. The minimum atomic E-state index is -0.420. The van der Waals surface area contributed by atoms with Gasteiger partial charge in [-0.15, -0.1) is 0 Å². The van der Waals surface area contributed by atoms with Crippen LogP contribution >= 0.6 is 0 Å². The Kier molecular flexibility index (Phi) is 4.53. The van der Waals surface area contributed by atoms with E-state index in [-0.39, 0.29) is 11.6 Å². The van der Waals surface area contributed by atoms with Crippen LogP contribution in [0.2, 0.25) is 0 Å². The molecule has 0 aliphatic carbocycles. The summed E-state index contributed by atoms with van der Waals surface area (Å²) in [5, 5.41) is 2.65. The smallest absolute Gasteiger partial charge is 0.308 e. The number of nitrogens with two attached hydrogens (primary N) is 1. The molecular weight excluding hydrogens is 282 g/mol. The third-order valence-electron chi connectivity index (χ3n) is 2.81. The van der Waals surface area contributed by atoms with Gasteiger partial charge in [0.1, 0.15) is 5.75 Å². The van der Waals surface area contributed by atoms with Crippen LogP contribution in [-0.2, 0) is 4.79 Å². The summed E-state index contributed by atoms with van der Waals surface area (Å²) in [5.74, 6) is -0.428. The highest BCUT2D eigenvalue weighted by Crippen LogP contribution is 2.19. The lowest BCUT2D eigenvalue weighted by Gasteiger charge is -2.11. The van der Waals surface area contributed by atoms with Crippen molar-refractivity contribution in [1.29, 1.82) is 0 Å². The average Bonchev–Trinajstić information content (AvgIpc) is 2.47. The van der Waals surface area contributed by atoms with Gasteiger partial charge in [0.15, 0.2) is 0 Å². The summed E-state index contributed by atoms with van der Waals surface area (Å²) >= 11 is 0. The van der Waals surface area contributed by atoms with Gasteiger partial charge < -0.3 is 15.8 Å². The molecule has 0 bridgehead atoms. The van der Waals surface area contributed by atoms with Crippen LogP contribution in [0, 0.1) is 0 Å². The molecule has 0 spiro atoms. The molecule has 6 nitrogen and oxygen atoms in total. The fourth-order valence-electron chi connectivity index (χ4n) is 1.80. The summed E-state index contributed by atoms with van der Waals surface area (Å²) in [6.45, 7) is 5.13. The first kappa shape index (κ1) is 15.2. The highest BCUT2D eigenvalue weighted by Gasteiger charge is 2.11. The van der Waals surface area contributed by atoms with Crippen LogP contribution in [0.5, 0.6) is 5.75 Å². The van der Waals surface area contributed by atoms with Gasteiger partial charge in [-0.2, -0.15) is 0 Å². The standard InChI is InChI=1S/C16H15N3O3/c1-10(12-4-3-5-13(8-12)22-11(2)20)19-16(21)14-6-7-18-9-15(14)17/h3-9H,1,17H2,2H3,(H,19,21). The van der Waals surface area contributed by atoms with Crippen LogP contribution in [0.1, 0.15) is 22.8 Å². The number of nitrogens with one attached hydrogen (secondary N) is 1. The predicted octanol–water partition coefficient (Wildman–Crippen LogP) is 1.99. The molecular formula is C16H15N3O3. The fraction of sp³-hybridized carbons (Fsp3) is 0.0625. The van der Waals surface area contributed by atoms with E-state index in [1.54, 1.807) is 24.3 Å². The molecule has 0 radical (unpaired) electrons. The number of esters is 1. The first-order chi connectivity index (χ1) is 10.5. The number of pyridine rings is 1. The summed E-state index contributed by atoms with van der Waals surface area (Å²) < 4.78 is 4.99. The van der Waals surface area contributed by atoms with Gasteiger partial charge in [-0.3, -0.25) is 14.6 Å². The second-order valence-corrected chi connectivity index (χ2v) is 4.52. The molecule has 22 heavy (non-hydrogen) atoms. The van der Waals surface area contributed by atoms with Crippen molar-refractivity contribution < 1.29 is 14.3 Å². The largest absolute Gasteiger partial charge is 0.427 e. The van der Waals surface area contributed by atoms with Crippen molar-refractivity contribution in [3.05, 3.63) is 60.4 Å². The van der Waals surface area contributed by atoms with Gasteiger partial charge in [-0.1, -0.05) is 18.7 Å². The minimum Gasteiger partial charge on any atom is -0.427 e. The SMILES string of the molecule is C=C(NC(=O)c1ccncc1N)c1cccc(OC(C)=O)c1. The maximum Gasteiger partial charge on any atom is 0.308 e. The van der Waals surface area contributed by atoms with Crippen molar-refractivity contribution in [2.75, 3.05) is 5.73 Å². The topological polar surface area (TPSA) is 94.3 Å². The highest BCUT2D eigenvalue weighted by molar-refractivity contribution is 6.03. The molecule has 3 N–H and O–H groups in total. The molecule has 0 atom stereocenters. The van der Waals surface area contributed by atoms with Crippen molar-refractivity contribution in [3.8, 4) is 5.75 Å². The number of anilines is 1. The number of hydrogen-bond donors (Lipinski definition) is 2. The van der Waals surface area contributed by atoms with Crippen LogP contribution in [0.4, 0.5) is 5.69 Å². The number of benzene rings is 1. The fourth-order valence-corrected chi connectivity index (χ4v) is 1.80. The predicted molar refractivity (Wildman–Crippen MR) is 82.9 cm³/mol. The number of nitrogen functional groups attached to an aromatic ring is 1. The Labute approximate surface area is 127 Å². The second kappa shape index (κ2) is 6.53. The van der Waals surface area contributed by atoms with Gasteiger partial charge in [0.05, 0.1) is 17.4 Å². The van der Waals surface area contributed by atoms with Crippen LogP contribution < -0.4 is 15.8 Å². The molecule has 1 aromatic carbocycles. The minimum absolute atomic E-state index is 0.279. The second-order valence-electron chi connectivity index (χ2n) is 4.52. The molecule has 2 rings (SSSR count). The molecule has 0 saturated heterocycles. The van der Waals surface area contributed by atoms with Gasteiger partial charge in [0.25, 0.3) is 5.91 Å². The van der Waals surface area contributed by atoms with Gasteiger partial charge >= 0.3 is 5.97 Å². The molecule has 1 amide bonds. The molecule has 2 aromatic rings. The van der Waals surface area contributed by atoms with E-state index >= 15 is 0 Å². The van der Waals surface area contributed by atoms with Crippen LogP contribution in [0.15, 0.2) is 49.3 Å². The van der Waals surface area contributed by atoms with E-state index in [0.29, 0.717) is 22.6 Å². The molecule has 0 saturated carbocycles. The average molecular weight is 297 g/mol. The highest BCUT2D eigenvalue weighted by atomic mass is 16.5. The number of nitrogens with zero attached hydrogens (tertiary/aromatic N) is 1. The third kappa shape index (κ3) is 3.69. The number of carbonyl (C=O) groups is 2. The van der Waals surface area contributed by atoms with E-state index in [1.165, 1.54) is 25.4 Å². The Morgan fingerprint density at radius 1 is 1.32 bits per heavy atom. The lowest BCUT2D eigenvalue weighted by molar-refractivity contribution is -0.131. The normalized spacial score (nSPS) is 9.86. The number of hydrogen-bond acceptors (Lipinski definition) is 5. The Morgan fingerprint density at radius 3 is 2.77 bits per heavy atom. The first-order valence-electron chi connectivity index (χ1n) is 6.46. The van der Waals surface area contributed by atoms with Gasteiger partial charge in [0, 0.05) is 24.4 Å². The lowest BCUT2D eigenvalue weighted by Crippen LogP contribution is -2.22. The molecule has 1 heterocycles. The molecule has 0 fully saturated rings. The number of amides is 1. The molecule has 1 aromatic heterocycles. The summed E-state index contributed by atoms with van der Waals surface area (Å²) in [7, 11) is 0. The lowest BCUT2D eigenvalue weighted by atomic mass is 10.1. The maximum absolute atomic E-state index is 12.1. The summed E-state index contributed by atoms with van der Waals surface area (Å²) in [6.07, 6.45) is 2.88. The molecule has 0 aliphatic heterocycles. The van der Waals surface area contributed by atoms with Crippen molar-refractivity contribution in [2.45, 2.75) is 6.92 Å². The first-order valence-corrected chi connectivity index (χ1v) is 6.46. The van der Waals surface area contributed by atoms with E-state index < -0.39 is 5.97 Å². The van der Waals surface area contributed by atoms with E-state index in [0.717, 1.165) is 0 Å². The van der Waals surface area contributed by atoms with Crippen molar-refractivity contribution in [1.82, 2.24) is 10.3 Å². The molecule has 0 aliphatic rings. The van der Waals surface area contributed by atoms with Gasteiger partial charge in [0.2, 0.25) is 0 Å². The maximum atomic E-state index is 12.1. The molecule has 0 unspecified atom stereocenters. The number of aromatic nitrogens is 1. The monoisotopic (exact) mass is 297 g/mol. The summed E-state index contributed by atoms with van der Waals surface area (Å²) in [4.78, 5) is 26.9. The van der Waals surface area contributed by atoms with Crippen LogP contribution in [0.3, 0.4) is 0 Å². The van der Waals surface area contributed by atoms with Crippen molar-refractivity contribution in [2.24, 2.45) is 0 Å². The van der Waals surface area contributed by atoms with Crippen LogP contribution in [-0.4, -0.2) is 16.9 Å². The van der Waals surface area contributed by atoms with E-state index in [2.05, 4.69) is 16.9 Å². The van der Waals surface area contributed by atoms with E-state index in [9.17, 15) is 9.59 Å². The van der Waals surface area contributed by atoms with E-state index in [1.807, 2.05) is 0 Å². The van der Waals surface area contributed by atoms with Crippen LogP contribution in [0.25, 0.3) is 5.70 Å². The van der Waals surface area contributed by atoms with Gasteiger partial charge in [-0.05, 0) is 18.2 Å². The zero-order valence-electron chi connectivity index (χ0n) is 12.0. The Hall–Kier alpha value is -3.15. The molecule has 112 valence electrons. The summed E-state index contributed by atoms with van der Waals surface area (Å²) in [5.41, 5.74) is 7.29. The van der Waals surface area contributed by atoms with Crippen molar-refractivity contribution in [3.63, 3.8) is 0 Å².